The second-order valence-electron chi connectivity index (χ2n) is 3.62. The lowest BCUT2D eigenvalue weighted by Gasteiger charge is -2.20. The van der Waals surface area contributed by atoms with Gasteiger partial charge in [0.1, 0.15) is 6.04 Å². The molecular formula is C9H19N3O3. The zero-order valence-corrected chi connectivity index (χ0v) is 9.61. The molecule has 0 aromatic heterocycles. The number of ether oxygens (including phenoxy) is 1. The second kappa shape index (κ2) is 6.23. The molecule has 6 heteroatoms. The van der Waals surface area contributed by atoms with Crippen LogP contribution in [-0.4, -0.2) is 49.7 Å². The average Bonchev–Trinajstić information content (AvgIpc) is 2.11. The number of carbonyl (C=O) groups excluding carboxylic acids is 2. The molecule has 0 aliphatic carbocycles. The number of likely N-dealkylation sites (N-methyl/N-ethyl adjacent to an activating group) is 1. The predicted molar refractivity (Wildman–Crippen MR) is 56.3 cm³/mol. The third kappa shape index (κ3) is 5.21. The van der Waals surface area contributed by atoms with Crippen LogP contribution in [0.25, 0.3) is 0 Å². The lowest BCUT2D eigenvalue weighted by Crippen LogP contribution is -2.50. The largest absolute Gasteiger partial charge is 0.447 e. The van der Waals surface area contributed by atoms with Gasteiger partial charge in [-0.25, -0.2) is 4.79 Å². The molecule has 0 fully saturated rings. The summed E-state index contributed by atoms with van der Waals surface area (Å²) in [5.74, 6) is -0.252. The van der Waals surface area contributed by atoms with Crippen LogP contribution in [0.2, 0.25) is 0 Å². The zero-order chi connectivity index (χ0) is 12.0. The summed E-state index contributed by atoms with van der Waals surface area (Å²) in [7, 11) is 3.20. The summed E-state index contributed by atoms with van der Waals surface area (Å²) < 4.78 is 4.84. The Bertz CT molecular complexity index is 229. The summed E-state index contributed by atoms with van der Waals surface area (Å²) in [6.45, 7) is 3.50. The highest BCUT2D eigenvalue weighted by atomic mass is 16.6. The fourth-order valence-electron chi connectivity index (χ4n) is 0.924. The molecule has 0 aromatic rings. The summed E-state index contributed by atoms with van der Waals surface area (Å²) in [5.41, 5.74) is 5.37. The first-order chi connectivity index (χ1) is 6.88. The van der Waals surface area contributed by atoms with Crippen LogP contribution in [-0.2, 0) is 9.53 Å². The number of rotatable bonds is 4. The Balaban J connectivity index is 4.21. The monoisotopic (exact) mass is 217 g/mol. The van der Waals surface area contributed by atoms with Gasteiger partial charge in [-0.15, -0.1) is 0 Å². The summed E-state index contributed by atoms with van der Waals surface area (Å²) >= 11 is 0. The molecule has 0 heterocycles. The number of nitrogens with one attached hydrogen (secondary N) is 1. The van der Waals surface area contributed by atoms with Crippen molar-refractivity contribution in [3.63, 3.8) is 0 Å². The highest BCUT2D eigenvalue weighted by molar-refractivity contribution is 5.85. The van der Waals surface area contributed by atoms with Crippen molar-refractivity contribution >= 4 is 12.0 Å². The number of nitrogens with two attached hydrogens (primary N) is 1. The lowest BCUT2D eigenvalue weighted by atomic mass is 10.2. The van der Waals surface area contributed by atoms with Crippen LogP contribution in [0.15, 0.2) is 0 Å². The highest BCUT2D eigenvalue weighted by Gasteiger charge is 2.21. The van der Waals surface area contributed by atoms with E-state index in [9.17, 15) is 9.59 Å². The van der Waals surface area contributed by atoms with E-state index < -0.39 is 12.1 Å². The molecule has 0 rings (SSSR count). The van der Waals surface area contributed by atoms with Crippen molar-refractivity contribution in [2.24, 2.45) is 5.73 Å². The molecule has 6 nitrogen and oxygen atoms in total. The van der Waals surface area contributed by atoms with E-state index in [2.05, 4.69) is 5.32 Å². The molecule has 0 bridgehead atoms. The maximum absolute atomic E-state index is 11.5. The third-order valence-electron chi connectivity index (χ3n) is 1.61. The zero-order valence-electron chi connectivity index (χ0n) is 9.61. The van der Waals surface area contributed by atoms with Gasteiger partial charge in [-0.1, -0.05) is 0 Å². The quantitative estimate of drug-likeness (QED) is 0.667. The SMILES string of the molecule is CC(C)OC(=O)NC(CN)C(=O)N(C)C. The minimum atomic E-state index is -0.730. The standard InChI is InChI=1S/C9H19N3O3/c1-6(2)15-9(14)11-7(5-10)8(13)12(3)4/h6-7H,5,10H2,1-4H3,(H,11,14). The number of hydrogen-bond donors (Lipinski definition) is 2. The first-order valence-electron chi connectivity index (χ1n) is 4.76. The normalized spacial score (nSPS) is 12.1. The highest BCUT2D eigenvalue weighted by Crippen LogP contribution is 1.93. The molecule has 0 radical (unpaired) electrons. The summed E-state index contributed by atoms with van der Waals surface area (Å²) in [4.78, 5) is 24.0. The Hall–Kier alpha value is -1.30. The van der Waals surface area contributed by atoms with Crippen molar-refractivity contribution in [1.82, 2.24) is 10.2 Å². The van der Waals surface area contributed by atoms with E-state index >= 15 is 0 Å². The maximum Gasteiger partial charge on any atom is 0.408 e. The molecule has 1 atom stereocenters. The molecular weight excluding hydrogens is 198 g/mol. The molecule has 1 unspecified atom stereocenters. The van der Waals surface area contributed by atoms with E-state index in [-0.39, 0.29) is 18.6 Å². The molecule has 3 N–H and O–H groups in total. The average molecular weight is 217 g/mol. The summed E-state index contributed by atoms with van der Waals surface area (Å²) in [5, 5.41) is 2.40. The van der Waals surface area contributed by atoms with Gasteiger partial charge in [0.2, 0.25) is 5.91 Å². The fourth-order valence-corrected chi connectivity index (χ4v) is 0.924. The van der Waals surface area contributed by atoms with Gasteiger partial charge in [-0.05, 0) is 13.8 Å². The van der Waals surface area contributed by atoms with Crippen LogP contribution in [0.4, 0.5) is 4.79 Å². The van der Waals surface area contributed by atoms with Crippen molar-refractivity contribution in [3.8, 4) is 0 Å². The Morgan fingerprint density at radius 2 is 1.93 bits per heavy atom. The predicted octanol–water partition coefficient (Wildman–Crippen LogP) is -0.463. The van der Waals surface area contributed by atoms with E-state index in [1.165, 1.54) is 4.90 Å². The van der Waals surface area contributed by atoms with Crippen LogP contribution in [0.3, 0.4) is 0 Å². The van der Waals surface area contributed by atoms with Crippen molar-refractivity contribution in [3.05, 3.63) is 0 Å². The van der Waals surface area contributed by atoms with Crippen molar-refractivity contribution in [2.75, 3.05) is 20.6 Å². The molecule has 0 aliphatic heterocycles. The number of hydrogen-bond acceptors (Lipinski definition) is 4. The molecule has 0 aliphatic rings. The molecule has 0 saturated carbocycles. The van der Waals surface area contributed by atoms with Gasteiger partial charge in [0.25, 0.3) is 0 Å². The van der Waals surface area contributed by atoms with E-state index in [0.29, 0.717) is 0 Å². The molecule has 0 aromatic carbocycles. The molecule has 88 valence electrons. The molecule has 15 heavy (non-hydrogen) atoms. The first kappa shape index (κ1) is 13.7. The Morgan fingerprint density at radius 3 is 2.27 bits per heavy atom. The van der Waals surface area contributed by atoms with E-state index in [4.69, 9.17) is 10.5 Å². The smallest absolute Gasteiger partial charge is 0.408 e. The van der Waals surface area contributed by atoms with Crippen molar-refractivity contribution in [1.29, 1.82) is 0 Å². The van der Waals surface area contributed by atoms with E-state index in [1.54, 1.807) is 27.9 Å². The van der Waals surface area contributed by atoms with E-state index in [1.807, 2.05) is 0 Å². The van der Waals surface area contributed by atoms with Crippen LogP contribution in [0.1, 0.15) is 13.8 Å². The first-order valence-corrected chi connectivity index (χ1v) is 4.76. The number of carbonyl (C=O) groups is 2. The number of nitrogens with zero attached hydrogens (tertiary/aromatic N) is 1. The topological polar surface area (TPSA) is 84.7 Å². The van der Waals surface area contributed by atoms with Gasteiger partial charge < -0.3 is 20.7 Å². The fraction of sp³-hybridized carbons (Fsp3) is 0.778. The molecule has 0 spiro atoms. The number of amides is 2. The molecule has 2 amide bonds. The van der Waals surface area contributed by atoms with Gasteiger partial charge in [0.15, 0.2) is 0 Å². The Kier molecular flexibility index (Phi) is 5.69. The van der Waals surface area contributed by atoms with Crippen molar-refractivity contribution in [2.45, 2.75) is 26.0 Å². The minimum Gasteiger partial charge on any atom is -0.447 e. The van der Waals surface area contributed by atoms with E-state index in [0.717, 1.165) is 0 Å². The van der Waals surface area contributed by atoms with Crippen LogP contribution in [0.5, 0.6) is 0 Å². The van der Waals surface area contributed by atoms with Crippen LogP contribution < -0.4 is 11.1 Å². The second-order valence-corrected chi connectivity index (χ2v) is 3.62. The molecule has 0 saturated heterocycles. The van der Waals surface area contributed by atoms with Gasteiger partial charge in [0.05, 0.1) is 6.10 Å². The third-order valence-corrected chi connectivity index (χ3v) is 1.61. The number of alkyl carbamates (subject to hydrolysis) is 1. The maximum atomic E-state index is 11.5. The lowest BCUT2D eigenvalue weighted by molar-refractivity contribution is -0.130. The minimum absolute atomic E-state index is 0.0458. The Labute approximate surface area is 89.7 Å². The van der Waals surface area contributed by atoms with Gasteiger partial charge >= 0.3 is 6.09 Å². The summed E-state index contributed by atoms with van der Waals surface area (Å²) in [6.07, 6.45) is -0.853. The summed E-state index contributed by atoms with van der Waals surface area (Å²) in [6, 6.07) is -0.730. The van der Waals surface area contributed by atoms with Crippen LogP contribution in [0, 0.1) is 0 Å². The Morgan fingerprint density at radius 1 is 1.40 bits per heavy atom. The van der Waals surface area contributed by atoms with Crippen LogP contribution >= 0.6 is 0 Å². The van der Waals surface area contributed by atoms with Gasteiger partial charge in [0, 0.05) is 20.6 Å². The van der Waals surface area contributed by atoms with Crippen molar-refractivity contribution < 1.29 is 14.3 Å². The van der Waals surface area contributed by atoms with Gasteiger partial charge in [-0.2, -0.15) is 0 Å². The van der Waals surface area contributed by atoms with Gasteiger partial charge in [-0.3, -0.25) is 4.79 Å².